The molecule has 33 heavy (non-hydrogen) atoms. The second-order valence-corrected chi connectivity index (χ2v) is 9.29. The van der Waals surface area contributed by atoms with Crippen LogP contribution in [0.25, 0.3) is 0 Å². The molecule has 0 saturated heterocycles. The van der Waals surface area contributed by atoms with E-state index >= 15 is 0 Å². The van der Waals surface area contributed by atoms with Gasteiger partial charge in [0.1, 0.15) is 11.6 Å². The van der Waals surface area contributed by atoms with E-state index in [4.69, 9.17) is 4.98 Å². The van der Waals surface area contributed by atoms with Crippen molar-refractivity contribution >= 4 is 28.9 Å². The van der Waals surface area contributed by atoms with Crippen LogP contribution in [0.15, 0.2) is 48.7 Å². The lowest BCUT2D eigenvalue weighted by atomic mass is 9.92. The van der Waals surface area contributed by atoms with Gasteiger partial charge in [-0.3, -0.25) is 4.79 Å². The predicted molar refractivity (Wildman–Crippen MR) is 134 cm³/mol. The number of nitrogens with zero attached hydrogens (tertiary/aromatic N) is 2. The summed E-state index contributed by atoms with van der Waals surface area (Å²) in [6, 6.07) is 14.1. The first-order chi connectivity index (χ1) is 15.8. The van der Waals surface area contributed by atoms with Gasteiger partial charge in [0.2, 0.25) is 0 Å². The topological polar surface area (TPSA) is 91.0 Å². The summed E-state index contributed by atoms with van der Waals surface area (Å²) in [7, 11) is 0. The van der Waals surface area contributed by atoms with Crippen molar-refractivity contribution in [3.05, 3.63) is 71.0 Å². The van der Waals surface area contributed by atoms with Crippen molar-refractivity contribution in [2.24, 2.45) is 0 Å². The van der Waals surface area contributed by atoms with Gasteiger partial charge in [-0.25, -0.2) is 9.97 Å². The Hall–Kier alpha value is -3.45. The number of hydrogen-bond donors (Lipinski definition) is 4. The van der Waals surface area contributed by atoms with Crippen LogP contribution in [0.2, 0.25) is 0 Å². The van der Waals surface area contributed by atoms with Crippen LogP contribution in [0, 0.1) is 0 Å². The fourth-order valence-corrected chi connectivity index (χ4v) is 3.83. The average molecular weight is 445 g/mol. The summed E-state index contributed by atoms with van der Waals surface area (Å²) in [5.41, 5.74) is 5.66. The van der Waals surface area contributed by atoms with Crippen molar-refractivity contribution in [2.45, 2.75) is 46.1 Å². The van der Waals surface area contributed by atoms with Gasteiger partial charge in [0.15, 0.2) is 0 Å². The van der Waals surface area contributed by atoms with Crippen molar-refractivity contribution in [3.8, 4) is 0 Å². The van der Waals surface area contributed by atoms with Crippen LogP contribution in [-0.2, 0) is 18.4 Å². The lowest BCUT2D eigenvalue weighted by Gasteiger charge is -2.20. The molecule has 1 aromatic carbocycles. The second-order valence-electron chi connectivity index (χ2n) is 9.29. The van der Waals surface area contributed by atoms with Gasteiger partial charge in [0, 0.05) is 42.1 Å². The van der Waals surface area contributed by atoms with Crippen molar-refractivity contribution in [1.82, 2.24) is 20.6 Å². The maximum absolute atomic E-state index is 12.7. The third-order valence-electron chi connectivity index (χ3n) is 5.63. The molecule has 0 radical (unpaired) electrons. The lowest BCUT2D eigenvalue weighted by Crippen LogP contribution is -2.24. The van der Waals surface area contributed by atoms with Crippen LogP contribution in [0.5, 0.6) is 0 Å². The van der Waals surface area contributed by atoms with Crippen LogP contribution in [0.3, 0.4) is 0 Å². The molecule has 0 atom stereocenters. The molecule has 1 amide bonds. The van der Waals surface area contributed by atoms with E-state index in [0.29, 0.717) is 29.4 Å². The highest BCUT2D eigenvalue weighted by molar-refractivity contribution is 6.00. The largest absolute Gasteiger partial charge is 0.352 e. The molecule has 7 nitrogen and oxygen atoms in total. The molecule has 0 bridgehead atoms. The molecule has 4 rings (SSSR count). The summed E-state index contributed by atoms with van der Waals surface area (Å²) in [6.45, 7) is 10.7. The van der Waals surface area contributed by atoms with Crippen molar-refractivity contribution in [2.75, 3.05) is 23.7 Å². The van der Waals surface area contributed by atoms with Crippen LogP contribution in [0.1, 0.15) is 54.9 Å². The molecule has 0 unspecified atom stereocenters. The zero-order valence-corrected chi connectivity index (χ0v) is 19.7. The van der Waals surface area contributed by atoms with Crippen molar-refractivity contribution in [1.29, 1.82) is 0 Å². The number of hydrogen-bond acceptors (Lipinski definition) is 6. The number of pyridine rings is 2. The summed E-state index contributed by atoms with van der Waals surface area (Å²) < 4.78 is 0. The van der Waals surface area contributed by atoms with Gasteiger partial charge in [0.05, 0.1) is 11.3 Å². The Morgan fingerprint density at radius 3 is 2.70 bits per heavy atom. The minimum atomic E-state index is -0.175. The molecule has 0 aliphatic carbocycles. The highest BCUT2D eigenvalue weighted by Gasteiger charge is 2.18. The number of benzene rings is 1. The normalized spacial score (nSPS) is 13.2. The molecule has 2 aromatic heterocycles. The van der Waals surface area contributed by atoms with E-state index in [1.54, 1.807) is 6.20 Å². The lowest BCUT2D eigenvalue weighted by molar-refractivity contribution is 0.0956. The quantitative estimate of drug-likeness (QED) is 0.442. The van der Waals surface area contributed by atoms with E-state index in [9.17, 15) is 4.79 Å². The number of amides is 1. The van der Waals surface area contributed by atoms with E-state index in [1.165, 1.54) is 11.1 Å². The Bertz CT molecular complexity index is 1150. The molecular weight excluding hydrogens is 412 g/mol. The van der Waals surface area contributed by atoms with Crippen LogP contribution >= 0.6 is 0 Å². The Kier molecular flexibility index (Phi) is 6.60. The molecule has 0 fully saturated rings. The third-order valence-corrected chi connectivity index (χ3v) is 5.63. The van der Waals surface area contributed by atoms with Gasteiger partial charge in [0.25, 0.3) is 5.91 Å². The summed E-state index contributed by atoms with van der Waals surface area (Å²) in [5.74, 6) is 1.16. The highest BCUT2D eigenvalue weighted by Crippen LogP contribution is 2.27. The van der Waals surface area contributed by atoms with E-state index < -0.39 is 0 Å². The molecule has 3 heterocycles. The molecule has 3 aromatic rings. The first-order valence-corrected chi connectivity index (χ1v) is 11.5. The fourth-order valence-electron chi connectivity index (χ4n) is 3.83. The molecule has 1 aliphatic rings. The van der Waals surface area contributed by atoms with E-state index in [1.807, 2.05) is 31.2 Å². The summed E-state index contributed by atoms with van der Waals surface area (Å²) in [5, 5.41) is 13.0. The monoisotopic (exact) mass is 444 g/mol. The molecule has 4 N–H and O–H groups in total. The number of carbonyl (C=O) groups is 1. The fraction of sp³-hybridized carbons (Fsp3) is 0.346. The molecule has 0 saturated carbocycles. The van der Waals surface area contributed by atoms with Crippen LogP contribution in [-0.4, -0.2) is 29.0 Å². The van der Waals surface area contributed by atoms with Crippen molar-refractivity contribution < 1.29 is 4.79 Å². The number of fused-ring (bicyclic) bond motifs is 1. The van der Waals surface area contributed by atoms with Gasteiger partial charge < -0.3 is 21.3 Å². The van der Waals surface area contributed by atoms with Gasteiger partial charge in [-0.15, -0.1) is 0 Å². The highest BCUT2D eigenvalue weighted by atomic mass is 16.1. The van der Waals surface area contributed by atoms with E-state index in [0.717, 1.165) is 30.9 Å². The van der Waals surface area contributed by atoms with Gasteiger partial charge >= 0.3 is 0 Å². The Morgan fingerprint density at radius 2 is 1.91 bits per heavy atom. The predicted octanol–water partition coefficient (Wildman–Crippen LogP) is 4.66. The Labute approximate surface area is 195 Å². The molecule has 0 spiro atoms. The Morgan fingerprint density at radius 1 is 1.06 bits per heavy atom. The first-order valence-electron chi connectivity index (χ1n) is 11.5. The van der Waals surface area contributed by atoms with Crippen LogP contribution in [0.4, 0.5) is 23.0 Å². The number of carbonyl (C=O) groups excluding carboxylic acids is 1. The molecular formula is C26H32N6O. The standard InChI is InChI=1S/C26H32N6O/c1-5-28-25(33)20-16-29-24(30-19-10-9-17-11-12-27-15-18(17)13-19)14-21(20)31-23-8-6-7-22(32-23)26(2,3)4/h6-10,13-14,16,27H,5,11-12,15H2,1-4H3,(H,28,33)(H2,29,30,31,32). The number of rotatable bonds is 6. The minimum Gasteiger partial charge on any atom is -0.352 e. The number of nitrogens with one attached hydrogen (secondary N) is 4. The van der Waals surface area contributed by atoms with Crippen LogP contribution < -0.4 is 21.3 Å². The van der Waals surface area contributed by atoms with Gasteiger partial charge in [-0.2, -0.15) is 0 Å². The number of anilines is 4. The second kappa shape index (κ2) is 9.58. The maximum Gasteiger partial charge on any atom is 0.254 e. The van der Waals surface area contributed by atoms with E-state index in [-0.39, 0.29) is 11.3 Å². The van der Waals surface area contributed by atoms with Gasteiger partial charge in [-0.1, -0.05) is 32.9 Å². The smallest absolute Gasteiger partial charge is 0.254 e. The summed E-state index contributed by atoms with van der Waals surface area (Å²) in [4.78, 5) is 21.9. The van der Waals surface area contributed by atoms with E-state index in [2.05, 4.69) is 65.2 Å². The van der Waals surface area contributed by atoms with Crippen molar-refractivity contribution in [3.63, 3.8) is 0 Å². The SMILES string of the molecule is CCNC(=O)c1cnc(Nc2ccc3c(c2)CNCC3)cc1Nc1cccc(C(C)(C)C)n1. The molecule has 172 valence electrons. The number of aromatic nitrogens is 2. The van der Waals surface area contributed by atoms with Gasteiger partial charge in [-0.05, 0) is 55.3 Å². The average Bonchev–Trinajstić information content (AvgIpc) is 2.79. The molecule has 7 heteroatoms. The summed E-state index contributed by atoms with van der Waals surface area (Å²) >= 11 is 0. The third kappa shape index (κ3) is 5.49. The first kappa shape index (κ1) is 22.7. The maximum atomic E-state index is 12.7. The Balaban J connectivity index is 1.64. The zero-order chi connectivity index (χ0) is 23.4. The minimum absolute atomic E-state index is 0.0770. The summed E-state index contributed by atoms with van der Waals surface area (Å²) in [6.07, 6.45) is 2.65. The zero-order valence-electron chi connectivity index (χ0n) is 19.7. The molecule has 1 aliphatic heterocycles.